The Hall–Kier alpha value is -5.78. The van der Waals surface area contributed by atoms with Gasteiger partial charge in [-0.05, 0) is 80.0 Å². The summed E-state index contributed by atoms with van der Waals surface area (Å²) in [5.74, 6) is 3.90. The molecule has 3 aliphatic rings. The second kappa shape index (κ2) is 17.5. The number of hydrogen-bond acceptors (Lipinski definition) is 13. The van der Waals surface area contributed by atoms with E-state index in [9.17, 15) is 18.8 Å². The van der Waals surface area contributed by atoms with Crippen molar-refractivity contribution in [3.63, 3.8) is 0 Å². The quantitative estimate of drug-likeness (QED) is 0.126. The number of piperidine rings is 1. The predicted molar refractivity (Wildman–Crippen MR) is 235 cm³/mol. The van der Waals surface area contributed by atoms with E-state index in [0.29, 0.717) is 76.1 Å². The first-order valence-electron chi connectivity index (χ1n) is 20.5. The number of fused-ring (bicyclic) bond motifs is 4. The summed E-state index contributed by atoms with van der Waals surface area (Å²) in [7, 11) is 4.60. The molecule has 6 aromatic rings. The number of methoxy groups -OCH3 is 3. The van der Waals surface area contributed by atoms with Crippen molar-refractivity contribution in [1.82, 2.24) is 24.2 Å². The number of hydrogen-bond donors (Lipinski definition) is 0. The molecular formula is C45H45FN6O8S2. The van der Waals surface area contributed by atoms with E-state index < -0.39 is 23.1 Å². The smallest absolute Gasteiger partial charge is 0.332 e. The molecule has 0 unspecified atom stereocenters. The second-order valence-corrected chi connectivity index (χ2v) is 17.6. The lowest BCUT2D eigenvalue weighted by Crippen LogP contribution is -2.46. The molecule has 2 atom stereocenters. The SMILES string of the molecule is CCOc1cc2c(cc1OC)C(c1ccc(C(=O)N3CCC(n4c(=O)c5sc(-c6ccc(F)cc6OC)cc5n(Cc5nc(COC)no5)c4=O)CC3)cc1)=N[C@@H]1CCSC[C@H]21. The van der Waals surface area contributed by atoms with Gasteiger partial charge < -0.3 is 28.4 Å². The van der Waals surface area contributed by atoms with Crippen molar-refractivity contribution >= 4 is 44.9 Å². The van der Waals surface area contributed by atoms with E-state index in [0.717, 1.165) is 40.5 Å². The highest BCUT2D eigenvalue weighted by Gasteiger charge is 2.36. The van der Waals surface area contributed by atoms with E-state index in [1.807, 2.05) is 49.0 Å². The lowest BCUT2D eigenvalue weighted by atomic mass is 9.81. The number of carbonyl (C=O) groups excluding carboxylic acids is 1. The first kappa shape index (κ1) is 41.6. The molecule has 3 aromatic heterocycles. The number of halogens is 1. The van der Waals surface area contributed by atoms with Crippen LogP contribution in [0.25, 0.3) is 20.7 Å². The minimum atomic E-state index is -0.540. The molecule has 0 radical (unpaired) electrons. The minimum absolute atomic E-state index is 0.101. The zero-order valence-corrected chi connectivity index (χ0v) is 36.4. The second-order valence-electron chi connectivity index (χ2n) is 15.4. The first-order chi connectivity index (χ1) is 30.2. The van der Waals surface area contributed by atoms with Gasteiger partial charge in [-0.2, -0.15) is 16.7 Å². The van der Waals surface area contributed by atoms with Crippen LogP contribution in [0.2, 0.25) is 0 Å². The van der Waals surface area contributed by atoms with Gasteiger partial charge in [0, 0.05) is 71.1 Å². The summed E-state index contributed by atoms with van der Waals surface area (Å²) >= 11 is 3.14. The third-order valence-corrected chi connectivity index (χ3v) is 14.1. The summed E-state index contributed by atoms with van der Waals surface area (Å²) in [4.78, 5) is 54.8. The fourth-order valence-electron chi connectivity index (χ4n) is 8.76. The Balaban J connectivity index is 0.979. The summed E-state index contributed by atoms with van der Waals surface area (Å²) in [6.45, 7) is 3.19. The Morgan fingerprint density at radius 1 is 0.935 bits per heavy atom. The van der Waals surface area contributed by atoms with Gasteiger partial charge in [0.2, 0.25) is 5.89 Å². The van der Waals surface area contributed by atoms with E-state index in [-0.39, 0.29) is 36.9 Å². The van der Waals surface area contributed by atoms with Crippen molar-refractivity contribution in [3.8, 4) is 27.7 Å². The van der Waals surface area contributed by atoms with Gasteiger partial charge in [-0.15, -0.1) is 11.3 Å². The van der Waals surface area contributed by atoms with Crippen LogP contribution in [0.4, 0.5) is 4.39 Å². The van der Waals surface area contributed by atoms with Crippen LogP contribution >= 0.6 is 23.1 Å². The molecule has 62 heavy (non-hydrogen) atoms. The number of ether oxygens (including phenoxy) is 4. The van der Waals surface area contributed by atoms with Gasteiger partial charge in [-0.1, -0.05) is 17.3 Å². The topological polar surface area (TPSA) is 153 Å². The molecule has 0 bridgehead atoms. The maximum Gasteiger partial charge on any atom is 0.332 e. The van der Waals surface area contributed by atoms with E-state index >= 15 is 0 Å². The highest BCUT2D eigenvalue weighted by molar-refractivity contribution is 7.99. The number of aliphatic imine (C=N–C) groups is 1. The molecule has 2 saturated heterocycles. The number of thioether (sulfide) groups is 1. The number of rotatable bonds is 12. The van der Waals surface area contributed by atoms with Crippen LogP contribution in [0.1, 0.15) is 76.9 Å². The van der Waals surface area contributed by atoms with Gasteiger partial charge in [-0.3, -0.25) is 23.7 Å². The number of benzene rings is 3. The summed E-state index contributed by atoms with van der Waals surface area (Å²) < 4.78 is 45.0. The summed E-state index contributed by atoms with van der Waals surface area (Å²) in [6.07, 6.45) is 1.75. The van der Waals surface area contributed by atoms with Gasteiger partial charge in [0.05, 0.1) is 38.1 Å². The van der Waals surface area contributed by atoms with Crippen molar-refractivity contribution in [2.45, 2.75) is 57.3 Å². The van der Waals surface area contributed by atoms with Crippen LogP contribution in [-0.4, -0.2) is 94.4 Å². The average Bonchev–Trinajstić information content (AvgIpc) is 3.95. The molecule has 3 aromatic carbocycles. The normalized spacial score (nSPS) is 17.7. The molecule has 0 spiro atoms. The largest absolute Gasteiger partial charge is 0.496 e. The number of likely N-dealkylation sites (tertiary alicyclic amines) is 1. The predicted octanol–water partition coefficient (Wildman–Crippen LogP) is 6.94. The number of thiophene rings is 1. The van der Waals surface area contributed by atoms with Gasteiger partial charge in [0.25, 0.3) is 11.5 Å². The third-order valence-electron chi connectivity index (χ3n) is 11.8. The molecule has 3 aliphatic heterocycles. The third kappa shape index (κ3) is 7.70. The summed E-state index contributed by atoms with van der Waals surface area (Å²) in [5.41, 5.74) is 4.53. The van der Waals surface area contributed by atoms with Crippen LogP contribution in [0.5, 0.6) is 17.2 Å². The lowest BCUT2D eigenvalue weighted by Gasteiger charge is -2.35. The van der Waals surface area contributed by atoms with Crippen molar-refractivity contribution < 1.29 is 32.7 Å². The number of nitrogens with zero attached hydrogens (tertiary/aromatic N) is 6. The van der Waals surface area contributed by atoms with Gasteiger partial charge in [-0.25, -0.2) is 9.18 Å². The molecule has 0 saturated carbocycles. The Bertz CT molecular complexity index is 2810. The molecule has 0 N–H and O–H groups in total. The molecule has 322 valence electrons. The molecule has 9 rings (SSSR count). The monoisotopic (exact) mass is 880 g/mol. The Kier molecular flexibility index (Phi) is 11.8. The van der Waals surface area contributed by atoms with Crippen molar-refractivity contribution in [1.29, 1.82) is 0 Å². The van der Waals surface area contributed by atoms with Gasteiger partial charge in [0.15, 0.2) is 17.3 Å². The molecule has 0 aliphatic carbocycles. The zero-order chi connectivity index (χ0) is 43.1. The van der Waals surface area contributed by atoms with Crippen LogP contribution in [0.3, 0.4) is 0 Å². The molecule has 6 heterocycles. The van der Waals surface area contributed by atoms with Crippen LogP contribution in [-0.2, 0) is 17.9 Å². The van der Waals surface area contributed by atoms with Crippen molar-refractivity contribution in [3.05, 3.63) is 121 Å². The molecular weight excluding hydrogens is 836 g/mol. The van der Waals surface area contributed by atoms with Crippen molar-refractivity contribution in [2.75, 3.05) is 52.5 Å². The van der Waals surface area contributed by atoms with Crippen LogP contribution < -0.4 is 25.5 Å². The zero-order valence-electron chi connectivity index (χ0n) is 34.7. The maximum absolute atomic E-state index is 14.4. The molecule has 14 nitrogen and oxygen atoms in total. The standard InChI is InChI=1S/C45H45FN6O8S2/c1-5-59-37-19-30-31(20-36(37)58-4)41(47-33-14-17-61-24-32(30)33)25-6-8-26(9-7-25)43(53)50-15-12-28(13-16-50)52-44(54)42-34(21-38(62-42)29-11-10-27(46)18-35(29)57-3)51(45(52)55)22-40-48-39(23-56-2)49-60-40/h6-11,18-21,28,32-33H,5,12-17,22-24H2,1-4H3/t32-,33-/m1/s1. The van der Waals surface area contributed by atoms with Crippen LogP contribution in [0.15, 0.2) is 79.8 Å². The summed E-state index contributed by atoms with van der Waals surface area (Å²) in [6, 6.07) is 17.3. The number of amides is 1. The fourth-order valence-corrected chi connectivity index (χ4v) is 11.1. The number of aromatic nitrogens is 4. The Morgan fingerprint density at radius 2 is 1.73 bits per heavy atom. The Morgan fingerprint density at radius 3 is 2.47 bits per heavy atom. The average molecular weight is 881 g/mol. The number of carbonyl (C=O) groups is 1. The van der Waals surface area contributed by atoms with Gasteiger partial charge in [0.1, 0.15) is 29.4 Å². The molecule has 1 amide bonds. The minimum Gasteiger partial charge on any atom is -0.496 e. The van der Waals surface area contributed by atoms with E-state index in [1.165, 1.54) is 52.4 Å². The highest BCUT2D eigenvalue weighted by Crippen LogP contribution is 2.44. The lowest BCUT2D eigenvalue weighted by molar-refractivity contribution is 0.0691. The van der Waals surface area contributed by atoms with E-state index in [4.69, 9.17) is 28.5 Å². The van der Waals surface area contributed by atoms with E-state index in [2.05, 4.69) is 16.2 Å². The first-order valence-corrected chi connectivity index (χ1v) is 22.5. The molecule has 2 fully saturated rings. The van der Waals surface area contributed by atoms with E-state index in [1.54, 1.807) is 24.1 Å². The summed E-state index contributed by atoms with van der Waals surface area (Å²) in [5, 5.41) is 3.94. The molecule has 17 heteroatoms. The Labute approximate surface area is 364 Å². The van der Waals surface area contributed by atoms with Crippen LogP contribution in [0, 0.1) is 5.82 Å². The van der Waals surface area contributed by atoms with Crippen molar-refractivity contribution in [2.24, 2.45) is 4.99 Å². The maximum atomic E-state index is 14.4. The highest BCUT2D eigenvalue weighted by atomic mass is 32.2. The fraction of sp³-hybridized carbons (Fsp3) is 0.378. The van der Waals surface area contributed by atoms with Gasteiger partial charge >= 0.3 is 5.69 Å².